The molecule has 4 rings (SSSR count). The van der Waals surface area contributed by atoms with Gasteiger partial charge in [-0.2, -0.15) is 0 Å². The second kappa shape index (κ2) is 15.8. The second-order valence-electron chi connectivity index (χ2n) is 11.3. The molecule has 0 heterocycles. The van der Waals surface area contributed by atoms with Gasteiger partial charge in [0.2, 0.25) is 11.8 Å². The van der Waals surface area contributed by atoms with Gasteiger partial charge in [-0.15, -0.1) is 0 Å². The van der Waals surface area contributed by atoms with Gasteiger partial charge in [-0.3, -0.25) is 13.9 Å². The number of hydrogen-bond acceptors (Lipinski definition) is 4. The summed E-state index contributed by atoms with van der Waals surface area (Å²) in [7, 11) is -4.25. The molecule has 0 fully saturated rings. The number of carbonyl (C=O) groups is 2. The lowest BCUT2D eigenvalue weighted by Gasteiger charge is -2.34. The van der Waals surface area contributed by atoms with Crippen molar-refractivity contribution in [1.29, 1.82) is 0 Å². The van der Waals surface area contributed by atoms with Gasteiger partial charge >= 0.3 is 0 Å². The number of carbonyl (C=O) groups excluding carboxylic acids is 2. The quantitative estimate of drug-likeness (QED) is 0.156. The van der Waals surface area contributed by atoms with Gasteiger partial charge < -0.3 is 10.2 Å². The Labute approximate surface area is 286 Å². The number of sulfonamides is 1. The summed E-state index contributed by atoms with van der Waals surface area (Å²) in [5.41, 5.74) is 2.19. The molecule has 0 saturated carbocycles. The fourth-order valence-electron chi connectivity index (χ4n) is 4.91. The molecule has 0 aliphatic carbocycles. The van der Waals surface area contributed by atoms with E-state index in [-0.39, 0.29) is 35.4 Å². The predicted molar refractivity (Wildman–Crippen MR) is 186 cm³/mol. The predicted octanol–water partition coefficient (Wildman–Crippen LogP) is 7.56. The number of rotatable bonds is 13. The van der Waals surface area contributed by atoms with Crippen molar-refractivity contribution in [3.8, 4) is 0 Å². The maximum absolute atomic E-state index is 14.6. The number of nitrogens with zero attached hydrogens (tertiary/aromatic N) is 2. The summed E-state index contributed by atoms with van der Waals surface area (Å²) in [6, 6.07) is 26.1. The van der Waals surface area contributed by atoms with Gasteiger partial charge in [-0.05, 0) is 65.9 Å². The highest BCUT2D eigenvalue weighted by molar-refractivity contribution is 7.92. The Morgan fingerprint density at radius 2 is 1.43 bits per heavy atom. The van der Waals surface area contributed by atoms with Crippen LogP contribution in [0.25, 0.3) is 0 Å². The van der Waals surface area contributed by atoms with Gasteiger partial charge in [0.05, 0.1) is 20.6 Å². The number of anilines is 1. The molecule has 7 nitrogen and oxygen atoms in total. The Morgan fingerprint density at radius 1 is 0.783 bits per heavy atom. The van der Waals surface area contributed by atoms with E-state index in [0.717, 1.165) is 9.87 Å². The van der Waals surface area contributed by atoms with Crippen LogP contribution in [0.15, 0.2) is 102 Å². The zero-order valence-corrected chi connectivity index (χ0v) is 28.9. The monoisotopic (exact) mass is 699 g/mol. The van der Waals surface area contributed by atoms with Crippen molar-refractivity contribution in [3.05, 3.63) is 129 Å². The van der Waals surface area contributed by atoms with Crippen LogP contribution in [-0.2, 0) is 32.6 Å². The SMILES string of the molecule is Cc1c(Cl)cccc1N(CC(=O)N(Cc1ccc(Cl)c(Cl)c1)[C@@H](Cc1ccccc1)C(=O)NCC(C)C)S(=O)(=O)c1ccccc1. The van der Waals surface area contributed by atoms with Crippen LogP contribution in [0.3, 0.4) is 0 Å². The Bertz CT molecular complexity index is 1770. The first-order valence-corrected chi connectivity index (χ1v) is 17.3. The molecule has 0 bridgehead atoms. The molecule has 4 aromatic carbocycles. The third kappa shape index (κ3) is 8.82. The van der Waals surface area contributed by atoms with E-state index in [4.69, 9.17) is 34.8 Å². The molecular formula is C35H36Cl3N3O4S. The van der Waals surface area contributed by atoms with Gasteiger partial charge in [-0.25, -0.2) is 8.42 Å². The number of benzene rings is 4. The largest absolute Gasteiger partial charge is 0.354 e. The molecule has 0 unspecified atom stereocenters. The molecule has 0 aliphatic heterocycles. The van der Waals surface area contributed by atoms with E-state index >= 15 is 0 Å². The number of halogens is 3. The van der Waals surface area contributed by atoms with E-state index in [2.05, 4.69) is 5.32 Å². The normalized spacial score (nSPS) is 12.1. The van der Waals surface area contributed by atoms with E-state index in [0.29, 0.717) is 32.7 Å². The molecule has 242 valence electrons. The zero-order chi connectivity index (χ0) is 33.4. The van der Waals surface area contributed by atoms with Gasteiger partial charge in [0.25, 0.3) is 10.0 Å². The average Bonchev–Trinajstić information content (AvgIpc) is 3.04. The van der Waals surface area contributed by atoms with Crippen LogP contribution < -0.4 is 9.62 Å². The minimum absolute atomic E-state index is 0.00807. The molecule has 0 radical (unpaired) electrons. The van der Waals surface area contributed by atoms with Crippen LogP contribution >= 0.6 is 34.8 Å². The van der Waals surface area contributed by atoms with Crippen LogP contribution in [0, 0.1) is 12.8 Å². The summed E-state index contributed by atoms with van der Waals surface area (Å²) in [6.45, 7) is 5.42. The topological polar surface area (TPSA) is 86.8 Å². The average molecular weight is 701 g/mol. The lowest BCUT2D eigenvalue weighted by atomic mass is 10.0. The standard InChI is InChI=1S/C35H36Cl3N3O4S/c1-24(2)21-39-35(43)33(20-26-11-6-4-7-12-26)40(22-27-17-18-30(37)31(38)19-27)34(42)23-41(32-16-10-15-29(36)25(32)3)46(44,45)28-13-8-5-9-14-28/h4-19,24,33H,20-23H2,1-3H3,(H,39,43)/t33-/m0/s1. The third-order valence-electron chi connectivity index (χ3n) is 7.41. The molecule has 0 saturated heterocycles. The summed E-state index contributed by atoms with van der Waals surface area (Å²) in [5.74, 6) is -0.786. The van der Waals surface area contributed by atoms with Crippen molar-refractivity contribution in [3.63, 3.8) is 0 Å². The highest BCUT2D eigenvalue weighted by atomic mass is 35.5. The molecule has 46 heavy (non-hydrogen) atoms. The Kier molecular flexibility index (Phi) is 12.1. The second-order valence-corrected chi connectivity index (χ2v) is 14.4. The first-order valence-electron chi connectivity index (χ1n) is 14.8. The van der Waals surface area contributed by atoms with Crippen molar-refractivity contribution in [2.75, 3.05) is 17.4 Å². The van der Waals surface area contributed by atoms with E-state index in [1.54, 1.807) is 61.5 Å². The van der Waals surface area contributed by atoms with Crippen LogP contribution in [-0.4, -0.2) is 44.3 Å². The summed E-state index contributed by atoms with van der Waals surface area (Å²) in [4.78, 5) is 29.9. The molecule has 0 spiro atoms. The third-order valence-corrected chi connectivity index (χ3v) is 10.3. The highest BCUT2D eigenvalue weighted by Gasteiger charge is 2.35. The zero-order valence-electron chi connectivity index (χ0n) is 25.8. The maximum Gasteiger partial charge on any atom is 0.264 e. The summed E-state index contributed by atoms with van der Waals surface area (Å²) >= 11 is 19.0. The smallest absolute Gasteiger partial charge is 0.264 e. The Morgan fingerprint density at radius 3 is 2.07 bits per heavy atom. The van der Waals surface area contributed by atoms with Gasteiger partial charge in [0.15, 0.2) is 0 Å². The lowest BCUT2D eigenvalue weighted by Crippen LogP contribution is -2.53. The first-order chi connectivity index (χ1) is 21.9. The Hall–Kier alpha value is -3.56. The van der Waals surface area contributed by atoms with Crippen LogP contribution in [0.4, 0.5) is 5.69 Å². The lowest BCUT2D eigenvalue weighted by molar-refractivity contribution is -0.140. The van der Waals surface area contributed by atoms with E-state index in [1.807, 2.05) is 44.2 Å². The Balaban J connectivity index is 1.84. The molecule has 11 heteroatoms. The van der Waals surface area contributed by atoms with Crippen molar-refractivity contribution in [2.45, 2.75) is 44.7 Å². The molecule has 1 atom stereocenters. The summed E-state index contributed by atoms with van der Waals surface area (Å²) < 4.78 is 29.4. The molecule has 2 amide bonds. The van der Waals surface area contributed by atoms with E-state index < -0.39 is 28.5 Å². The fourth-order valence-corrected chi connectivity index (χ4v) is 6.89. The molecule has 4 aromatic rings. The van der Waals surface area contributed by atoms with Crippen molar-refractivity contribution in [2.24, 2.45) is 5.92 Å². The van der Waals surface area contributed by atoms with Gasteiger partial charge in [-0.1, -0.05) is 109 Å². The highest BCUT2D eigenvalue weighted by Crippen LogP contribution is 2.32. The first kappa shape index (κ1) is 35.3. The molecular weight excluding hydrogens is 665 g/mol. The van der Waals surface area contributed by atoms with Crippen LogP contribution in [0.2, 0.25) is 15.1 Å². The van der Waals surface area contributed by atoms with E-state index in [9.17, 15) is 18.0 Å². The fraction of sp³-hybridized carbons (Fsp3) is 0.257. The number of amides is 2. The van der Waals surface area contributed by atoms with Crippen molar-refractivity contribution < 1.29 is 18.0 Å². The number of hydrogen-bond donors (Lipinski definition) is 1. The molecule has 0 aromatic heterocycles. The summed E-state index contributed by atoms with van der Waals surface area (Å²) in [6.07, 6.45) is 0.194. The number of nitrogens with one attached hydrogen (secondary N) is 1. The van der Waals surface area contributed by atoms with Gasteiger partial charge in [0, 0.05) is 24.5 Å². The minimum Gasteiger partial charge on any atom is -0.354 e. The van der Waals surface area contributed by atoms with Crippen molar-refractivity contribution in [1.82, 2.24) is 10.2 Å². The molecule has 1 N–H and O–H groups in total. The minimum atomic E-state index is -4.25. The van der Waals surface area contributed by atoms with Gasteiger partial charge in [0.1, 0.15) is 12.6 Å². The van der Waals surface area contributed by atoms with Crippen LogP contribution in [0.5, 0.6) is 0 Å². The maximum atomic E-state index is 14.6. The molecule has 0 aliphatic rings. The van der Waals surface area contributed by atoms with Crippen molar-refractivity contribution >= 4 is 62.3 Å². The summed E-state index contributed by atoms with van der Waals surface area (Å²) in [5, 5.41) is 3.95. The van der Waals surface area contributed by atoms with E-state index in [1.165, 1.54) is 17.0 Å². The van der Waals surface area contributed by atoms with Crippen LogP contribution in [0.1, 0.15) is 30.5 Å².